The van der Waals surface area contributed by atoms with Crippen LogP contribution in [0.1, 0.15) is 24.3 Å². The number of nitrogen functional groups attached to an aromatic ring is 1. The minimum absolute atomic E-state index is 0.0130. The van der Waals surface area contributed by atoms with Crippen molar-refractivity contribution in [3.63, 3.8) is 0 Å². The fourth-order valence-electron chi connectivity index (χ4n) is 0.936. The molecule has 0 unspecified atom stereocenters. The van der Waals surface area contributed by atoms with Crippen molar-refractivity contribution in [2.45, 2.75) is 20.0 Å². The molecule has 4 nitrogen and oxygen atoms in total. The number of hydrogen-bond donors (Lipinski definition) is 1. The van der Waals surface area contributed by atoms with Gasteiger partial charge in [-0.3, -0.25) is 0 Å². The van der Waals surface area contributed by atoms with Crippen molar-refractivity contribution >= 4 is 46.5 Å². The van der Waals surface area contributed by atoms with Crippen molar-refractivity contribution in [2.75, 3.05) is 5.73 Å². The molecular weight excluding hydrogens is 274 g/mol. The molecule has 1 rings (SSSR count). The number of nitrogens with two attached hydrogens (primary N) is 1. The Bertz CT molecular complexity index is 435. The van der Waals surface area contributed by atoms with E-state index in [1.54, 1.807) is 13.8 Å². The highest BCUT2D eigenvalue weighted by atomic mass is 35.5. The van der Waals surface area contributed by atoms with Crippen LogP contribution in [0.3, 0.4) is 0 Å². The van der Waals surface area contributed by atoms with Crippen LogP contribution in [-0.4, -0.2) is 17.1 Å². The Hall–Kier alpha value is -0.710. The number of carbonyl (C=O) groups is 1. The van der Waals surface area contributed by atoms with E-state index >= 15 is 0 Å². The number of aromatic nitrogens is 1. The van der Waals surface area contributed by atoms with Gasteiger partial charge in [0, 0.05) is 0 Å². The zero-order valence-electron chi connectivity index (χ0n) is 8.55. The summed E-state index contributed by atoms with van der Waals surface area (Å²) in [6, 6.07) is 0. The number of halogens is 3. The van der Waals surface area contributed by atoms with Crippen molar-refractivity contribution in [3.05, 3.63) is 20.9 Å². The van der Waals surface area contributed by atoms with Gasteiger partial charge in [0.15, 0.2) is 10.8 Å². The molecule has 0 aliphatic carbocycles. The molecule has 1 heterocycles. The van der Waals surface area contributed by atoms with Crippen molar-refractivity contribution in [2.24, 2.45) is 0 Å². The van der Waals surface area contributed by atoms with Crippen LogP contribution in [0.2, 0.25) is 15.2 Å². The number of esters is 1. The van der Waals surface area contributed by atoms with Gasteiger partial charge in [-0.1, -0.05) is 34.8 Å². The van der Waals surface area contributed by atoms with Gasteiger partial charge in [-0.2, -0.15) is 0 Å². The third-order valence-electron chi connectivity index (χ3n) is 1.61. The Morgan fingerprint density at radius 3 is 2.38 bits per heavy atom. The highest BCUT2D eigenvalue weighted by Crippen LogP contribution is 2.34. The van der Waals surface area contributed by atoms with Crippen molar-refractivity contribution < 1.29 is 9.53 Å². The molecule has 0 radical (unpaired) electrons. The monoisotopic (exact) mass is 282 g/mol. The first-order valence-corrected chi connectivity index (χ1v) is 5.49. The maximum atomic E-state index is 11.6. The fraction of sp³-hybridized carbons (Fsp3) is 0.333. The van der Waals surface area contributed by atoms with Crippen LogP contribution in [0, 0.1) is 0 Å². The topological polar surface area (TPSA) is 65.2 Å². The number of nitrogens with zero attached hydrogens (tertiary/aromatic N) is 1. The van der Waals surface area contributed by atoms with Gasteiger partial charge < -0.3 is 10.5 Å². The van der Waals surface area contributed by atoms with Gasteiger partial charge in [0.05, 0.1) is 16.8 Å². The summed E-state index contributed by atoms with van der Waals surface area (Å²) in [5.41, 5.74) is 5.43. The molecule has 0 aliphatic heterocycles. The Morgan fingerprint density at radius 2 is 1.88 bits per heavy atom. The SMILES string of the molecule is CC(C)OC(=O)c1nc(Cl)c(Cl)c(N)c1Cl. The largest absolute Gasteiger partial charge is 0.458 e. The van der Waals surface area contributed by atoms with E-state index in [0.29, 0.717) is 0 Å². The molecule has 0 spiro atoms. The summed E-state index contributed by atoms with van der Waals surface area (Å²) >= 11 is 17.2. The zero-order valence-corrected chi connectivity index (χ0v) is 10.8. The average molecular weight is 284 g/mol. The predicted octanol–water partition coefficient (Wildman–Crippen LogP) is 3.19. The van der Waals surface area contributed by atoms with Gasteiger partial charge in [0.25, 0.3) is 0 Å². The molecule has 1 aromatic rings. The molecule has 0 atom stereocenters. The van der Waals surface area contributed by atoms with Gasteiger partial charge in [0.1, 0.15) is 5.02 Å². The standard InChI is InChI=1S/C9H9Cl3N2O2/c1-3(2)16-9(15)7-4(10)6(13)5(11)8(12)14-7/h3H,1-2H3,(H2,13,14). The van der Waals surface area contributed by atoms with E-state index in [4.69, 9.17) is 45.3 Å². The summed E-state index contributed by atoms with van der Waals surface area (Å²) in [6.45, 7) is 3.40. The quantitative estimate of drug-likeness (QED) is 0.668. The van der Waals surface area contributed by atoms with Crippen molar-refractivity contribution in [3.8, 4) is 0 Å². The normalized spacial score (nSPS) is 10.6. The van der Waals surface area contributed by atoms with E-state index in [-0.39, 0.29) is 32.7 Å². The molecule has 16 heavy (non-hydrogen) atoms. The maximum Gasteiger partial charge on any atom is 0.358 e. The van der Waals surface area contributed by atoms with Crippen LogP contribution < -0.4 is 5.73 Å². The zero-order chi connectivity index (χ0) is 12.5. The molecule has 0 amide bonds. The van der Waals surface area contributed by atoms with E-state index in [0.717, 1.165) is 0 Å². The van der Waals surface area contributed by atoms with Gasteiger partial charge in [-0.15, -0.1) is 0 Å². The first kappa shape index (κ1) is 13.4. The van der Waals surface area contributed by atoms with E-state index in [9.17, 15) is 4.79 Å². The van der Waals surface area contributed by atoms with Crippen LogP contribution in [0.15, 0.2) is 0 Å². The number of pyridine rings is 1. The van der Waals surface area contributed by atoms with Gasteiger partial charge in [0.2, 0.25) is 0 Å². The lowest BCUT2D eigenvalue weighted by Crippen LogP contribution is -2.14. The second-order valence-electron chi connectivity index (χ2n) is 3.25. The lowest BCUT2D eigenvalue weighted by Gasteiger charge is -2.10. The molecule has 2 N–H and O–H groups in total. The van der Waals surface area contributed by atoms with Crippen LogP contribution in [0.4, 0.5) is 5.69 Å². The molecule has 0 saturated heterocycles. The summed E-state index contributed by atoms with van der Waals surface area (Å²) in [7, 11) is 0. The first-order chi connectivity index (χ1) is 7.34. The second kappa shape index (κ2) is 5.08. The Kier molecular flexibility index (Phi) is 4.24. The first-order valence-electron chi connectivity index (χ1n) is 4.35. The maximum absolute atomic E-state index is 11.6. The lowest BCUT2D eigenvalue weighted by atomic mass is 10.3. The van der Waals surface area contributed by atoms with Gasteiger partial charge in [-0.05, 0) is 13.8 Å². The van der Waals surface area contributed by atoms with Crippen molar-refractivity contribution in [1.82, 2.24) is 4.98 Å². The van der Waals surface area contributed by atoms with E-state index < -0.39 is 5.97 Å². The molecule has 1 aromatic heterocycles. The van der Waals surface area contributed by atoms with E-state index in [1.165, 1.54) is 0 Å². The van der Waals surface area contributed by atoms with Crippen molar-refractivity contribution in [1.29, 1.82) is 0 Å². The Balaban J connectivity index is 3.20. The average Bonchev–Trinajstić information content (AvgIpc) is 2.19. The molecule has 0 fully saturated rings. The smallest absolute Gasteiger partial charge is 0.358 e. The molecule has 88 valence electrons. The number of rotatable bonds is 2. The summed E-state index contributed by atoms with van der Waals surface area (Å²) in [6.07, 6.45) is -0.291. The molecule has 0 aliphatic rings. The summed E-state index contributed by atoms with van der Waals surface area (Å²) in [4.78, 5) is 15.3. The number of hydrogen-bond acceptors (Lipinski definition) is 4. The van der Waals surface area contributed by atoms with Crippen LogP contribution >= 0.6 is 34.8 Å². The lowest BCUT2D eigenvalue weighted by molar-refractivity contribution is 0.0371. The van der Waals surface area contributed by atoms with E-state index in [2.05, 4.69) is 4.98 Å². The van der Waals surface area contributed by atoms with Crippen LogP contribution in [-0.2, 0) is 4.74 Å². The summed E-state index contributed by atoms with van der Waals surface area (Å²) < 4.78 is 4.92. The summed E-state index contributed by atoms with van der Waals surface area (Å²) in [5.74, 6) is -0.690. The number of ether oxygens (including phenoxy) is 1. The fourth-order valence-corrected chi connectivity index (χ4v) is 1.52. The molecule has 0 saturated carbocycles. The molecule has 0 bridgehead atoms. The highest BCUT2D eigenvalue weighted by Gasteiger charge is 2.21. The number of anilines is 1. The highest BCUT2D eigenvalue weighted by molar-refractivity contribution is 6.46. The van der Waals surface area contributed by atoms with Gasteiger partial charge >= 0.3 is 5.97 Å². The second-order valence-corrected chi connectivity index (χ2v) is 4.36. The number of carbonyl (C=O) groups excluding carboxylic acids is 1. The predicted molar refractivity (Wildman–Crippen MR) is 64.2 cm³/mol. The minimum atomic E-state index is -0.690. The summed E-state index contributed by atoms with van der Waals surface area (Å²) in [5, 5.41) is -0.118. The van der Waals surface area contributed by atoms with Crippen LogP contribution in [0.5, 0.6) is 0 Å². The molecule has 7 heteroatoms. The van der Waals surface area contributed by atoms with Gasteiger partial charge in [-0.25, -0.2) is 9.78 Å². The van der Waals surface area contributed by atoms with E-state index in [1.807, 2.05) is 0 Å². The Morgan fingerprint density at radius 1 is 1.31 bits per heavy atom. The molecule has 0 aromatic carbocycles. The minimum Gasteiger partial charge on any atom is -0.458 e. The Labute approximate surface area is 108 Å². The molecular formula is C9H9Cl3N2O2. The third kappa shape index (κ3) is 2.70. The third-order valence-corrected chi connectivity index (χ3v) is 2.74. The van der Waals surface area contributed by atoms with Crippen LogP contribution in [0.25, 0.3) is 0 Å².